The van der Waals surface area contributed by atoms with Gasteiger partial charge in [0.25, 0.3) is 0 Å². The summed E-state index contributed by atoms with van der Waals surface area (Å²) in [7, 11) is 1.62. The van der Waals surface area contributed by atoms with Gasteiger partial charge in [-0.3, -0.25) is 0 Å². The molecule has 0 bridgehead atoms. The van der Waals surface area contributed by atoms with Crippen LogP contribution in [-0.2, 0) is 0 Å². The summed E-state index contributed by atoms with van der Waals surface area (Å²) in [4.78, 5) is 8.94. The molecular formula is C13H7Br2ClN2OS. The fourth-order valence-corrected chi connectivity index (χ4v) is 4.83. The zero-order valence-electron chi connectivity index (χ0n) is 10.2. The highest BCUT2D eigenvalue weighted by Crippen LogP contribution is 2.38. The molecule has 0 aliphatic carbocycles. The van der Waals surface area contributed by atoms with Crippen molar-refractivity contribution >= 4 is 65.7 Å². The van der Waals surface area contributed by atoms with Crippen LogP contribution in [0.25, 0.3) is 22.3 Å². The SMILES string of the molecule is COc1ccc2nc(-c3cc(Br)sc3Br)nc(Cl)c2c1. The van der Waals surface area contributed by atoms with Gasteiger partial charge in [0.15, 0.2) is 5.82 Å². The van der Waals surface area contributed by atoms with E-state index in [9.17, 15) is 0 Å². The van der Waals surface area contributed by atoms with E-state index in [0.717, 1.165) is 29.8 Å². The first kappa shape index (κ1) is 14.3. The van der Waals surface area contributed by atoms with Crippen LogP contribution < -0.4 is 4.74 Å². The summed E-state index contributed by atoms with van der Waals surface area (Å²) >= 11 is 14.8. The lowest BCUT2D eigenvalue weighted by Gasteiger charge is -2.05. The van der Waals surface area contributed by atoms with Gasteiger partial charge in [0.1, 0.15) is 10.9 Å². The van der Waals surface area contributed by atoms with E-state index in [1.165, 1.54) is 0 Å². The van der Waals surface area contributed by atoms with Crippen molar-refractivity contribution in [1.29, 1.82) is 0 Å². The van der Waals surface area contributed by atoms with E-state index in [4.69, 9.17) is 16.3 Å². The molecule has 2 aromatic heterocycles. The number of methoxy groups -OCH3 is 1. The Morgan fingerprint density at radius 2 is 2.00 bits per heavy atom. The largest absolute Gasteiger partial charge is 0.497 e. The summed E-state index contributed by atoms with van der Waals surface area (Å²) in [5, 5.41) is 1.19. The van der Waals surface area contributed by atoms with E-state index in [1.807, 2.05) is 24.3 Å². The number of thiophene rings is 1. The highest BCUT2D eigenvalue weighted by molar-refractivity contribution is 9.12. The standard InChI is InChI=1S/C13H7Br2ClN2OS/c1-19-6-2-3-9-7(4-6)12(16)18-13(17-9)8-5-10(14)20-11(8)15/h2-5H,1H3. The van der Waals surface area contributed by atoms with Crippen molar-refractivity contribution in [3.63, 3.8) is 0 Å². The predicted molar refractivity (Wildman–Crippen MR) is 89.8 cm³/mol. The van der Waals surface area contributed by atoms with Crippen molar-refractivity contribution in [1.82, 2.24) is 9.97 Å². The lowest BCUT2D eigenvalue weighted by atomic mass is 10.2. The molecule has 3 rings (SSSR count). The van der Waals surface area contributed by atoms with Gasteiger partial charge in [-0.05, 0) is 56.1 Å². The number of fused-ring (bicyclic) bond motifs is 1. The predicted octanol–water partition coefficient (Wildman–Crippen LogP) is 5.55. The van der Waals surface area contributed by atoms with Crippen LogP contribution >= 0.6 is 54.8 Å². The minimum absolute atomic E-state index is 0.415. The molecule has 0 saturated carbocycles. The van der Waals surface area contributed by atoms with E-state index in [1.54, 1.807) is 18.4 Å². The molecule has 0 fully saturated rings. The zero-order valence-corrected chi connectivity index (χ0v) is 14.9. The van der Waals surface area contributed by atoms with Gasteiger partial charge in [0.2, 0.25) is 0 Å². The third-order valence-electron chi connectivity index (χ3n) is 2.75. The number of hydrogen-bond acceptors (Lipinski definition) is 4. The van der Waals surface area contributed by atoms with Crippen LogP contribution in [0, 0.1) is 0 Å². The van der Waals surface area contributed by atoms with Crippen molar-refractivity contribution < 1.29 is 4.74 Å². The fourth-order valence-electron chi connectivity index (χ4n) is 1.81. The van der Waals surface area contributed by atoms with Gasteiger partial charge in [-0.2, -0.15) is 0 Å². The minimum Gasteiger partial charge on any atom is -0.497 e. The average Bonchev–Trinajstić information content (AvgIpc) is 2.77. The van der Waals surface area contributed by atoms with E-state index >= 15 is 0 Å². The van der Waals surface area contributed by atoms with Gasteiger partial charge >= 0.3 is 0 Å². The second kappa shape index (κ2) is 5.60. The van der Waals surface area contributed by atoms with Crippen molar-refractivity contribution in [3.8, 4) is 17.1 Å². The quantitative estimate of drug-likeness (QED) is 0.497. The fraction of sp³-hybridized carbons (Fsp3) is 0.0769. The molecule has 0 aliphatic heterocycles. The normalized spacial score (nSPS) is 11.0. The molecule has 0 unspecified atom stereocenters. The Bertz CT molecular complexity index is 806. The third kappa shape index (κ3) is 2.57. The molecule has 20 heavy (non-hydrogen) atoms. The van der Waals surface area contributed by atoms with Crippen LogP contribution in [-0.4, -0.2) is 17.1 Å². The molecule has 0 radical (unpaired) electrons. The maximum atomic E-state index is 6.27. The van der Waals surface area contributed by atoms with Gasteiger partial charge in [0, 0.05) is 10.9 Å². The first-order chi connectivity index (χ1) is 9.58. The Morgan fingerprint density at radius 1 is 1.20 bits per heavy atom. The van der Waals surface area contributed by atoms with E-state index in [2.05, 4.69) is 41.8 Å². The number of hydrogen-bond donors (Lipinski definition) is 0. The van der Waals surface area contributed by atoms with Crippen LogP contribution in [0.5, 0.6) is 5.75 Å². The molecule has 7 heteroatoms. The monoisotopic (exact) mass is 432 g/mol. The number of rotatable bonds is 2. The Balaban J connectivity index is 2.22. The molecule has 3 nitrogen and oxygen atoms in total. The maximum absolute atomic E-state index is 6.27. The molecule has 0 amide bonds. The summed E-state index contributed by atoms with van der Waals surface area (Å²) in [5.74, 6) is 1.33. The van der Waals surface area contributed by atoms with Crippen molar-refractivity contribution in [2.75, 3.05) is 7.11 Å². The van der Waals surface area contributed by atoms with Crippen molar-refractivity contribution in [3.05, 3.63) is 37.0 Å². The number of aromatic nitrogens is 2. The smallest absolute Gasteiger partial charge is 0.163 e. The van der Waals surface area contributed by atoms with E-state index < -0.39 is 0 Å². The number of halogens is 3. The van der Waals surface area contributed by atoms with Gasteiger partial charge in [-0.1, -0.05) is 11.6 Å². The summed E-state index contributed by atoms with van der Waals surface area (Å²) in [6, 6.07) is 7.53. The highest BCUT2D eigenvalue weighted by atomic mass is 79.9. The Kier molecular flexibility index (Phi) is 3.99. The number of benzene rings is 1. The molecule has 0 aliphatic rings. The summed E-state index contributed by atoms with van der Waals surface area (Å²) < 4.78 is 7.16. The van der Waals surface area contributed by atoms with Crippen molar-refractivity contribution in [2.24, 2.45) is 0 Å². The second-order valence-electron chi connectivity index (χ2n) is 3.96. The van der Waals surface area contributed by atoms with Crippen molar-refractivity contribution in [2.45, 2.75) is 0 Å². The Morgan fingerprint density at radius 3 is 2.65 bits per heavy atom. The van der Waals surface area contributed by atoms with Crippen LogP contribution in [0.3, 0.4) is 0 Å². The molecule has 0 spiro atoms. The van der Waals surface area contributed by atoms with Crippen LogP contribution in [0.2, 0.25) is 5.15 Å². The molecule has 1 aromatic carbocycles. The Labute approximate surface area is 141 Å². The molecule has 2 heterocycles. The summed E-state index contributed by atoms with van der Waals surface area (Å²) in [6.07, 6.45) is 0. The Hall–Kier alpha value is -0.690. The summed E-state index contributed by atoms with van der Waals surface area (Å²) in [6.45, 7) is 0. The minimum atomic E-state index is 0.415. The van der Waals surface area contributed by atoms with E-state index in [-0.39, 0.29) is 0 Å². The van der Waals surface area contributed by atoms with Crippen LogP contribution in [0.1, 0.15) is 0 Å². The lowest BCUT2D eigenvalue weighted by molar-refractivity contribution is 0.415. The van der Waals surface area contributed by atoms with Crippen LogP contribution in [0.15, 0.2) is 31.8 Å². The van der Waals surface area contributed by atoms with Gasteiger partial charge in [0.05, 0.1) is 20.2 Å². The van der Waals surface area contributed by atoms with Gasteiger partial charge in [-0.15, -0.1) is 11.3 Å². The molecular weight excluding hydrogens is 427 g/mol. The average molecular weight is 435 g/mol. The van der Waals surface area contributed by atoms with Gasteiger partial charge in [-0.25, -0.2) is 9.97 Å². The molecule has 0 atom stereocenters. The molecule has 0 saturated heterocycles. The number of ether oxygens (including phenoxy) is 1. The summed E-state index contributed by atoms with van der Waals surface area (Å²) in [5.41, 5.74) is 1.71. The van der Waals surface area contributed by atoms with Crippen LogP contribution in [0.4, 0.5) is 0 Å². The topological polar surface area (TPSA) is 35.0 Å². The maximum Gasteiger partial charge on any atom is 0.163 e. The van der Waals surface area contributed by atoms with Gasteiger partial charge < -0.3 is 4.74 Å². The third-order valence-corrected chi connectivity index (χ3v) is 5.38. The van der Waals surface area contributed by atoms with E-state index in [0.29, 0.717) is 11.0 Å². The lowest BCUT2D eigenvalue weighted by Crippen LogP contribution is -1.92. The first-order valence-corrected chi connectivity index (χ1v) is 8.33. The first-order valence-electron chi connectivity index (χ1n) is 5.55. The highest BCUT2D eigenvalue weighted by Gasteiger charge is 2.13. The molecule has 102 valence electrons. The second-order valence-corrected chi connectivity index (χ2v) is 8.07. The number of nitrogens with zero attached hydrogens (tertiary/aromatic N) is 2. The zero-order chi connectivity index (χ0) is 14.3. The molecule has 3 aromatic rings. The molecule has 0 N–H and O–H groups in total.